The molecule has 0 bridgehead atoms. The number of aromatic amines is 1. The summed E-state index contributed by atoms with van der Waals surface area (Å²) in [4.78, 5) is 32.0. The minimum atomic E-state index is -0.242. The zero-order valence-electron chi connectivity index (χ0n) is 15.5. The molecule has 3 heterocycles. The summed E-state index contributed by atoms with van der Waals surface area (Å²) < 4.78 is 0. The largest absolute Gasteiger partial charge is 0.361 e. The highest BCUT2D eigenvalue weighted by Crippen LogP contribution is 2.40. The van der Waals surface area contributed by atoms with Crippen molar-refractivity contribution in [3.8, 4) is 0 Å². The molecule has 6 heteroatoms. The Hall–Kier alpha value is -3.93. The molecule has 2 aromatic carbocycles. The number of rotatable bonds is 3. The molecule has 0 spiro atoms. The maximum atomic E-state index is 12.4. The fourth-order valence-electron chi connectivity index (χ4n) is 3.93. The summed E-state index contributed by atoms with van der Waals surface area (Å²) in [5.41, 5.74) is 5.03. The van der Waals surface area contributed by atoms with Crippen molar-refractivity contribution in [2.45, 2.75) is 12.3 Å². The number of pyridine rings is 1. The van der Waals surface area contributed by atoms with Gasteiger partial charge in [0.15, 0.2) is 0 Å². The molecule has 3 N–H and O–H groups in total. The van der Waals surface area contributed by atoms with Gasteiger partial charge in [-0.2, -0.15) is 0 Å². The minimum absolute atomic E-state index is 0.0363. The third-order valence-electron chi connectivity index (χ3n) is 5.28. The van der Waals surface area contributed by atoms with E-state index in [1.54, 1.807) is 18.3 Å². The van der Waals surface area contributed by atoms with Crippen LogP contribution in [0, 0.1) is 0 Å². The Morgan fingerprint density at radius 2 is 2.00 bits per heavy atom. The molecular formula is C23H18N4O2. The number of amides is 2. The van der Waals surface area contributed by atoms with E-state index in [1.165, 1.54) is 6.20 Å². The van der Waals surface area contributed by atoms with Crippen molar-refractivity contribution in [1.82, 2.24) is 9.97 Å². The van der Waals surface area contributed by atoms with Crippen molar-refractivity contribution in [3.63, 3.8) is 0 Å². The lowest BCUT2D eigenvalue weighted by molar-refractivity contribution is -0.116. The molecular weight excluding hydrogens is 364 g/mol. The standard InChI is InChI=1S/C23H18N4O2/c28-22-12-19(16-4-1-5-20-18(16)8-10-25-20)17-7-6-15(11-21(17)27-22)26-23(29)14-3-2-9-24-13-14/h1-11,13,19,25H,12H2,(H,26,29)(H,27,28). The first-order valence-corrected chi connectivity index (χ1v) is 9.40. The van der Waals surface area contributed by atoms with E-state index < -0.39 is 0 Å². The third kappa shape index (κ3) is 3.14. The van der Waals surface area contributed by atoms with Gasteiger partial charge >= 0.3 is 0 Å². The molecule has 0 saturated heterocycles. The number of hydrogen-bond donors (Lipinski definition) is 3. The first-order valence-electron chi connectivity index (χ1n) is 9.40. The summed E-state index contributed by atoms with van der Waals surface area (Å²) in [5, 5.41) is 6.93. The van der Waals surface area contributed by atoms with Crippen LogP contribution in [-0.2, 0) is 4.79 Å². The van der Waals surface area contributed by atoms with E-state index in [0.717, 1.165) is 27.7 Å². The minimum Gasteiger partial charge on any atom is -0.361 e. The quantitative estimate of drug-likeness (QED) is 0.494. The van der Waals surface area contributed by atoms with Crippen molar-refractivity contribution in [2.24, 2.45) is 0 Å². The topological polar surface area (TPSA) is 86.9 Å². The average Bonchev–Trinajstić information content (AvgIpc) is 3.22. The Bertz CT molecular complexity index is 1230. The summed E-state index contributed by atoms with van der Waals surface area (Å²) in [6.07, 6.45) is 5.44. The second-order valence-corrected chi connectivity index (χ2v) is 7.09. The normalized spacial score (nSPS) is 15.6. The van der Waals surface area contributed by atoms with Crippen molar-refractivity contribution >= 4 is 34.1 Å². The van der Waals surface area contributed by atoms with Crippen LogP contribution < -0.4 is 10.6 Å². The number of hydrogen-bond acceptors (Lipinski definition) is 3. The van der Waals surface area contributed by atoms with Gasteiger partial charge in [-0.3, -0.25) is 14.6 Å². The molecule has 2 aromatic heterocycles. The fraction of sp³-hybridized carbons (Fsp3) is 0.0870. The summed E-state index contributed by atoms with van der Waals surface area (Å²) >= 11 is 0. The van der Waals surface area contributed by atoms with Crippen LogP contribution in [0.25, 0.3) is 10.9 Å². The van der Waals surface area contributed by atoms with Gasteiger partial charge in [-0.15, -0.1) is 0 Å². The van der Waals surface area contributed by atoms with Crippen LogP contribution in [0.3, 0.4) is 0 Å². The lowest BCUT2D eigenvalue weighted by Gasteiger charge is -2.27. The van der Waals surface area contributed by atoms with E-state index in [9.17, 15) is 9.59 Å². The average molecular weight is 382 g/mol. The second kappa shape index (κ2) is 6.91. The van der Waals surface area contributed by atoms with Crippen LogP contribution in [0.5, 0.6) is 0 Å². The van der Waals surface area contributed by atoms with Crippen LogP contribution in [-0.4, -0.2) is 21.8 Å². The van der Waals surface area contributed by atoms with Crippen LogP contribution in [0.2, 0.25) is 0 Å². The summed E-state index contributed by atoms with van der Waals surface area (Å²) in [6.45, 7) is 0. The highest BCUT2D eigenvalue weighted by atomic mass is 16.2. The zero-order chi connectivity index (χ0) is 19.8. The zero-order valence-corrected chi connectivity index (χ0v) is 15.5. The third-order valence-corrected chi connectivity index (χ3v) is 5.28. The maximum Gasteiger partial charge on any atom is 0.257 e. The van der Waals surface area contributed by atoms with Gasteiger partial charge in [-0.1, -0.05) is 18.2 Å². The molecule has 1 atom stereocenters. The predicted molar refractivity (Wildman–Crippen MR) is 112 cm³/mol. The second-order valence-electron chi connectivity index (χ2n) is 7.09. The van der Waals surface area contributed by atoms with Crippen LogP contribution >= 0.6 is 0 Å². The monoisotopic (exact) mass is 382 g/mol. The lowest BCUT2D eigenvalue weighted by Crippen LogP contribution is -2.24. The van der Waals surface area contributed by atoms with Gasteiger partial charge in [-0.05, 0) is 47.5 Å². The molecule has 6 nitrogen and oxygen atoms in total. The van der Waals surface area contributed by atoms with E-state index in [2.05, 4.69) is 26.7 Å². The van der Waals surface area contributed by atoms with E-state index in [4.69, 9.17) is 0 Å². The van der Waals surface area contributed by atoms with Crippen LogP contribution in [0.4, 0.5) is 11.4 Å². The first-order chi connectivity index (χ1) is 14.2. The van der Waals surface area contributed by atoms with Crippen LogP contribution in [0.1, 0.15) is 33.8 Å². The van der Waals surface area contributed by atoms with Crippen LogP contribution in [0.15, 0.2) is 73.2 Å². The maximum absolute atomic E-state index is 12.4. The molecule has 0 fully saturated rings. The Balaban J connectivity index is 1.50. The van der Waals surface area contributed by atoms with E-state index in [-0.39, 0.29) is 17.7 Å². The molecule has 1 unspecified atom stereocenters. The Morgan fingerprint density at radius 1 is 1.07 bits per heavy atom. The van der Waals surface area contributed by atoms with Gasteiger partial charge in [0.1, 0.15) is 0 Å². The molecule has 4 aromatic rings. The molecule has 0 radical (unpaired) electrons. The first kappa shape index (κ1) is 17.2. The molecule has 0 aliphatic carbocycles. The highest BCUT2D eigenvalue weighted by Gasteiger charge is 2.28. The SMILES string of the molecule is O=C1CC(c2cccc3[nH]ccc23)c2ccc(NC(=O)c3cccnc3)cc2N1. The highest BCUT2D eigenvalue weighted by molar-refractivity contribution is 6.05. The van der Waals surface area contributed by atoms with Gasteiger partial charge in [-0.25, -0.2) is 0 Å². The van der Waals surface area contributed by atoms with E-state index in [0.29, 0.717) is 17.7 Å². The number of nitrogens with zero attached hydrogens (tertiary/aromatic N) is 1. The van der Waals surface area contributed by atoms with Gasteiger partial charge in [0.05, 0.1) is 5.56 Å². The smallest absolute Gasteiger partial charge is 0.257 e. The van der Waals surface area contributed by atoms with Crippen molar-refractivity contribution in [3.05, 3.63) is 89.9 Å². The number of anilines is 2. The van der Waals surface area contributed by atoms with Gasteiger partial charge < -0.3 is 15.6 Å². The Kier molecular flexibility index (Phi) is 4.09. The van der Waals surface area contributed by atoms with E-state index in [1.807, 2.05) is 42.6 Å². The number of carbonyl (C=O) groups excluding carboxylic acids is 2. The number of fused-ring (bicyclic) bond motifs is 2. The van der Waals surface area contributed by atoms with Gasteiger partial charge in [0, 0.05) is 53.2 Å². The summed E-state index contributed by atoms with van der Waals surface area (Å²) in [6, 6.07) is 17.2. The summed E-state index contributed by atoms with van der Waals surface area (Å²) in [5.74, 6) is -0.319. The number of benzene rings is 2. The molecule has 5 rings (SSSR count). The number of carbonyl (C=O) groups is 2. The van der Waals surface area contributed by atoms with E-state index >= 15 is 0 Å². The molecule has 1 aliphatic rings. The van der Waals surface area contributed by atoms with Crippen molar-refractivity contribution < 1.29 is 9.59 Å². The Morgan fingerprint density at radius 3 is 2.86 bits per heavy atom. The lowest BCUT2D eigenvalue weighted by atomic mass is 9.83. The molecule has 142 valence electrons. The molecule has 2 amide bonds. The number of nitrogens with one attached hydrogen (secondary N) is 3. The number of H-pyrrole nitrogens is 1. The van der Waals surface area contributed by atoms with Gasteiger partial charge in [0.25, 0.3) is 5.91 Å². The van der Waals surface area contributed by atoms with Gasteiger partial charge in [0.2, 0.25) is 5.91 Å². The Labute approximate surface area is 167 Å². The van der Waals surface area contributed by atoms with Crippen molar-refractivity contribution in [2.75, 3.05) is 10.6 Å². The number of aromatic nitrogens is 2. The molecule has 29 heavy (non-hydrogen) atoms. The predicted octanol–water partition coefficient (Wildman–Crippen LogP) is 4.29. The molecule has 0 saturated carbocycles. The van der Waals surface area contributed by atoms with Crippen molar-refractivity contribution in [1.29, 1.82) is 0 Å². The summed E-state index contributed by atoms with van der Waals surface area (Å²) in [7, 11) is 0. The fourth-order valence-corrected chi connectivity index (χ4v) is 3.93. The molecule has 1 aliphatic heterocycles.